The highest BCUT2D eigenvalue weighted by atomic mass is 16.5. The SMILES string of the molecule is C=C(C)C(=O)NCc1ccc(OCCOCC[N+](C)(C)CC)cc1. The van der Waals surface area contributed by atoms with Crippen LogP contribution in [0, 0.1) is 0 Å². The van der Waals surface area contributed by atoms with Crippen LogP contribution in [0.5, 0.6) is 5.75 Å². The number of amides is 1. The van der Waals surface area contributed by atoms with Gasteiger partial charge >= 0.3 is 0 Å². The lowest BCUT2D eigenvalue weighted by Gasteiger charge is -2.27. The van der Waals surface area contributed by atoms with E-state index in [2.05, 4.69) is 32.9 Å². The topological polar surface area (TPSA) is 47.6 Å². The predicted octanol–water partition coefficient (Wildman–Crippen LogP) is 2.37. The van der Waals surface area contributed by atoms with Crippen LogP contribution in [-0.2, 0) is 16.1 Å². The summed E-state index contributed by atoms with van der Waals surface area (Å²) in [7, 11) is 4.39. The summed E-state index contributed by atoms with van der Waals surface area (Å²) in [6.45, 7) is 11.9. The van der Waals surface area contributed by atoms with Crippen molar-refractivity contribution in [1.82, 2.24) is 5.32 Å². The molecule has 1 rings (SSSR count). The number of carbonyl (C=O) groups excluding carboxylic acids is 1. The molecule has 5 nitrogen and oxygen atoms in total. The Labute approximate surface area is 145 Å². The molecular formula is C19H31N2O3+. The van der Waals surface area contributed by atoms with Gasteiger partial charge in [0.15, 0.2) is 0 Å². The van der Waals surface area contributed by atoms with Gasteiger partial charge in [-0.1, -0.05) is 18.7 Å². The zero-order valence-electron chi connectivity index (χ0n) is 15.4. The van der Waals surface area contributed by atoms with Gasteiger partial charge in [0.25, 0.3) is 0 Å². The fraction of sp³-hybridized carbons (Fsp3) is 0.526. The third-order valence-electron chi connectivity index (χ3n) is 3.96. The van der Waals surface area contributed by atoms with Crippen LogP contribution in [-0.4, -0.2) is 57.4 Å². The normalized spacial score (nSPS) is 11.2. The molecule has 0 heterocycles. The monoisotopic (exact) mass is 335 g/mol. The van der Waals surface area contributed by atoms with Crippen molar-refractivity contribution in [2.75, 3.05) is 47.0 Å². The van der Waals surface area contributed by atoms with Crippen LogP contribution in [0.1, 0.15) is 19.4 Å². The zero-order valence-corrected chi connectivity index (χ0v) is 15.4. The first-order valence-corrected chi connectivity index (χ1v) is 8.39. The number of hydrogen-bond donors (Lipinski definition) is 1. The highest BCUT2D eigenvalue weighted by molar-refractivity contribution is 5.91. The lowest BCUT2D eigenvalue weighted by molar-refractivity contribution is -0.888. The number of benzene rings is 1. The summed E-state index contributed by atoms with van der Waals surface area (Å²) in [5.41, 5.74) is 1.53. The number of hydrogen-bond acceptors (Lipinski definition) is 3. The average Bonchev–Trinajstić information content (AvgIpc) is 2.56. The second kappa shape index (κ2) is 10.1. The van der Waals surface area contributed by atoms with Crippen LogP contribution < -0.4 is 10.1 Å². The van der Waals surface area contributed by atoms with Gasteiger partial charge in [-0.2, -0.15) is 0 Å². The Kier molecular flexibility index (Phi) is 8.50. The standard InChI is InChI=1S/C19H30N2O3/c1-6-21(4,5)11-12-23-13-14-24-18-9-7-17(8-10-18)15-20-19(22)16(2)3/h7-10H,2,6,11-15H2,1,3-5H3/p+1. The Balaban J connectivity index is 2.20. The fourth-order valence-electron chi connectivity index (χ4n) is 1.83. The number of quaternary nitrogens is 1. The highest BCUT2D eigenvalue weighted by Crippen LogP contribution is 2.12. The van der Waals surface area contributed by atoms with Crippen LogP contribution in [0.25, 0.3) is 0 Å². The maximum atomic E-state index is 11.4. The molecule has 0 unspecified atom stereocenters. The maximum Gasteiger partial charge on any atom is 0.246 e. The predicted molar refractivity (Wildman–Crippen MR) is 96.9 cm³/mol. The van der Waals surface area contributed by atoms with Gasteiger partial charge in [-0.3, -0.25) is 4.79 Å². The Morgan fingerprint density at radius 1 is 1.17 bits per heavy atom. The minimum Gasteiger partial charge on any atom is -0.491 e. The summed E-state index contributed by atoms with van der Waals surface area (Å²) < 4.78 is 12.2. The van der Waals surface area contributed by atoms with Gasteiger partial charge in [-0.05, 0) is 31.5 Å². The van der Waals surface area contributed by atoms with E-state index in [1.807, 2.05) is 24.3 Å². The summed E-state index contributed by atoms with van der Waals surface area (Å²) in [5.74, 6) is 0.676. The smallest absolute Gasteiger partial charge is 0.246 e. The first-order valence-electron chi connectivity index (χ1n) is 8.39. The van der Waals surface area contributed by atoms with Crippen molar-refractivity contribution in [3.05, 3.63) is 42.0 Å². The molecule has 0 fully saturated rings. The van der Waals surface area contributed by atoms with Gasteiger partial charge in [0.2, 0.25) is 5.91 Å². The summed E-state index contributed by atoms with van der Waals surface area (Å²) >= 11 is 0. The molecule has 0 radical (unpaired) electrons. The molecule has 0 aliphatic rings. The minimum absolute atomic E-state index is 0.127. The molecule has 5 heteroatoms. The molecule has 0 aromatic heterocycles. The lowest BCUT2D eigenvalue weighted by Crippen LogP contribution is -2.42. The van der Waals surface area contributed by atoms with Crippen molar-refractivity contribution in [3.63, 3.8) is 0 Å². The third-order valence-corrected chi connectivity index (χ3v) is 3.96. The van der Waals surface area contributed by atoms with Crippen LogP contribution in [0.15, 0.2) is 36.4 Å². The van der Waals surface area contributed by atoms with Crippen LogP contribution in [0.3, 0.4) is 0 Å². The molecule has 0 bridgehead atoms. The van der Waals surface area contributed by atoms with Crippen molar-refractivity contribution < 1.29 is 18.8 Å². The van der Waals surface area contributed by atoms with Crippen molar-refractivity contribution >= 4 is 5.91 Å². The fourth-order valence-corrected chi connectivity index (χ4v) is 1.83. The molecule has 134 valence electrons. The van der Waals surface area contributed by atoms with Crippen molar-refractivity contribution in [2.45, 2.75) is 20.4 Å². The molecule has 0 spiro atoms. The maximum absolute atomic E-state index is 11.4. The average molecular weight is 335 g/mol. The molecule has 0 saturated heterocycles. The molecule has 1 amide bonds. The lowest BCUT2D eigenvalue weighted by atomic mass is 10.2. The van der Waals surface area contributed by atoms with Gasteiger partial charge < -0.3 is 19.3 Å². The number of rotatable bonds is 11. The van der Waals surface area contributed by atoms with Crippen molar-refractivity contribution in [1.29, 1.82) is 0 Å². The van der Waals surface area contributed by atoms with E-state index in [1.165, 1.54) is 0 Å². The Morgan fingerprint density at radius 3 is 2.42 bits per heavy atom. The summed E-state index contributed by atoms with van der Waals surface area (Å²) in [6, 6.07) is 7.69. The molecular weight excluding hydrogens is 304 g/mol. The van der Waals surface area contributed by atoms with E-state index in [4.69, 9.17) is 9.47 Å². The van der Waals surface area contributed by atoms with E-state index in [0.29, 0.717) is 25.3 Å². The second-order valence-corrected chi connectivity index (χ2v) is 6.54. The Morgan fingerprint density at radius 2 is 1.83 bits per heavy atom. The summed E-state index contributed by atoms with van der Waals surface area (Å²) in [4.78, 5) is 11.4. The number of nitrogens with zero attached hydrogens (tertiary/aromatic N) is 1. The highest BCUT2D eigenvalue weighted by Gasteiger charge is 2.10. The van der Waals surface area contributed by atoms with E-state index in [0.717, 1.165) is 35.5 Å². The van der Waals surface area contributed by atoms with Gasteiger partial charge in [0, 0.05) is 12.1 Å². The minimum atomic E-state index is -0.127. The van der Waals surface area contributed by atoms with E-state index in [-0.39, 0.29) is 5.91 Å². The van der Waals surface area contributed by atoms with Gasteiger partial charge in [0.1, 0.15) is 18.9 Å². The molecule has 0 saturated carbocycles. The first kappa shape index (κ1) is 20.2. The quantitative estimate of drug-likeness (QED) is 0.384. The number of likely N-dealkylation sites (N-methyl/N-ethyl adjacent to an activating group) is 1. The molecule has 1 aromatic carbocycles. The molecule has 1 N–H and O–H groups in total. The molecule has 1 aromatic rings. The molecule has 0 aliphatic carbocycles. The van der Waals surface area contributed by atoms with Crippen molar-refractivity contribution in [3.8, 4) is 5.75 Å². The van der Waals surface area contributed by atoms with Gasteiger partial charge in [-0.25, -0.2) is 0 Å². The van der Waals surface area contributed by atoms with E-state index in [9.17, 15) is 4.79 Å². The third kappa shape index (κ3) is 8.13. The first-order chi connectivity index (χ1) is 11.3. The Hall–Kier alpha value is -1.85. The Bertz CT molecular complexity index is 524. The molecule has 24 heavy (non-hydrogen) atoms. The van der Waals surface area contributed by atoms with Crippen LogP contribution in [0.4, 0.5) is 0 Å². The molecule has 0 atom stereocenters. The number of ether oxygens (including phenoxy) is 2. The van der Waals surface area contributed by atoms with E-state index >= 15 is 0 Å². The van der Waals surface area contributed by atoms with Crippen LogP contribution in [0.2, 0.25) is 0 Å². The zero-order chi connectivity index (χ0) is 18.0. The summed E-state index contributed by atoms with van der Waals surface area (Å²) in [5, 5.41) is 2.80. The molecule has 0 aliphatic heterocycles. The van der Waals surface area contributed by atoms with E-state index < -0.39 is 0 Å². The number of carbonyl (C=O) groups is 1. The van der Waals surface area contributed by atoms with Gasteiger partial charge in [0.05, 0.1) is 33.9 Å². The van der Waals surface area contributed by atoms with Crippen LogP contribution >= 0.6 is 0 Å². The number of nitrogens with one attached hydrogen (secondary N) is 1. The van der Waals surface area contributed by atoms with E-state index in [1.54, 1.807) is 6.92 Å². The summed E-state index contributed by atoms with van der Waals surface area (Å²) in [6.07, 6.45) is 0. The largest absolute Gasteiger partial charge is 0.491 e. The van der Waals surface area contributed by atoms with Gasteiger partial charge in [-0.15, -0.1) is 0 Å². The second-order valence-electron chi connectivity index (χ2n) is 6.54. The van der Waals surface area contributed by atoms with Crippen molar-refractivity contribution in [2.24, 2.45) is 0 Å².